The molecule has 100 valence electrons. The van der Waals surface area contributed by atoms with Crippen molar-refractivity contribution in [2.24, 2.45) is 0 Å². The fourth-order valence-corrected chi connectivity index (χ4v) is 1.97. The molecule has 0 aliphatic carbocycles. The van der Waals surface area contributed by atoms with Crippen molar-refractivity contribution in [2.45, 2.75) is 6.92 Å². The molecule has 2 aromatic heterocycles. The van der Waals surface area contributed by atoms with E-state index in [-0.39, 0.29) is 6.01 Å². The lowest BCUT2D eigenvalue weighted by atomic mass is 10.1. The highest BCUT2D eigenvalue weighted by Crippen LogP contribution is 2.21. The van der Waals surface area contributed by atoms with E-state index in [0.717, 1.165) is 22.2 Å². The van der Waals surface area contributed by atoms with Crippen LogP contribution >= 0.6 is 0 Å². The molecule has 3 rings (SSSR count). The van der Waals surface area contributed by atoms with Crippen molar-refractivity contribution in [3.63, 3.8) is 0 Å². The second-order valence-corrected chi connectivity index (χ2v) is 4.35. The second kappa shape index (κ2) is 4.73. The maximum absolute atomic E-state index is 11.5. The SMILES string of the molecule is COc1nc(-c2ccc3nc(C)ccc3c2)[nH]c(=O)n1. The summed E-state index contributed by atoms with van der Waals surface area (Å²) in [6.07, 6.45) is 0. The Balaban J connectivity index is 2.17. The van der Waals surface area contributed by atoms with Gasteiger partial charge >= 0.3 is 11.7 Å². The number of pyridine rings is 1. The fraction of sp³-hybridized carbons (Fsp3) is 0.143. The number of methoxy groups -OCH3 is 1. The van der Waals surface area contributed by atoms with Crippen LogP contribution in [-0.2, 0) is 0 Å². The summed E-state index contributed by atoms with van der Waals surface area (Å²) in [6.45, 7) is 1.94. The van der Waals surface area contributed by atoms with E-state index in [1.54, 1.807) is 0 Å². The van der Waals surface area contributed by atoms with Gasteiger partial charge in [-0.25, -0.2) is 4.79 Å². The molecule has 0 aliphatic rings. The minimum absolute atomic E-state index is 0.0471. The van der Waals surface area contributed by atoms with E-state index in [1.807, 2.05) is 37.3 Å². The van der Waals surface area contributed by atoms with Crippen LogP contribution < -0.4 is 10.4 Å². The van der Waals surface area contributed by atoms with E-state index < -0.39 is 5.69 Å². The van der Waals surface area contributed by atoms with E-state index in [0.29, 0.717) is 5.82 Å². The van der Waals surface area contributed by atoms with E-state index in [2.05, 4.69) is 19.9 Å². The molecule has 0 fully saturated rings. The molecule has 20 heavy (non-hydrogen) atoms. The molecule has 0 atom stereocenters. The predicted molar refractivity (Wildman–Crippen MR) is 74.7 cm³/mol. The standard InChI is InChI=1S/C14H12N4O2/c1-8-3-4-9-7-10(5-6-11(9)15-8)12-16-13(19)18-14(17-12)20-2/h3-7H,1-2H3,(H,16,17,18,19). The molecular formula is C14H12N4O2. The smallest absolute Gasteiger partial charge is 0.351 e. The molecule has 6 heteroatoms. The molecule has 2 heterocycles. The van der Waals surface area contributed by atoms with Crippen LogP contribution in [0.5, 0.6) is 6.01 Å². The first-order valence-corrected chi connectivity index (χ1v) is 6.06. The molecule has 0 saturated heterocycles. The van der Waals surface area contributed by atoms with Gasteiger partial charge in [0.15, 0.2) is 0 Å². The van der Waals surface area contributed by atoms with E-state index in [1.165, 1.54) is 7.11 Å². The number of fused-ring (bicyclic) bond motifs is 1. The molecule has 0 radical (unpaired) electrons. The highest BCUT2D eigenvalue weighted by molar-refractivity contribution is 5.83. The Morgan fingerprint density at radius 3 is 2.75 bits per heavy atom. The fourth-order valence-electron chi connectivity index (χ4n) is 1.97. The molecule has 1 aromatic carbocycles. The summed E-state index contributed by atoms with van der Waals surface area (Å²) < 4.78 is 4.91. The molecule has 0 bridgehead atoms. The van der Waals surface area contributed by atoms with Crippen molar-refractivity contribution >= 4 is 10.9 Å². The van der Waals surface area contributed by atoms with Crippen molar-refractivity contribution in [3.8, 4) is 17.4 Å². The Kier molecular flexibility index (Phi) is 2.90. The van der Waals surface area contributed by atoms with Crippen LogP contribution in [0, 0.1) is 6.92 Å². The van der Waals surface area contributed by atoms with E-state index in [9.17, 15) is 4.79 Å². The third-order valence-electron chi connectivity index (χ3n) is 2.91. The van der Waals surface area contributed by atoms with Gasteiger partial charge in [0.25, 0.3) is 0 Å². The van der Waals surface area contributed by atoms with Crippen LogP contribution in [-0.4, -0.2) is 27.0 Å². The van der Waals surface area contributed by atoms with Gasteiger partial charge in [0, 0.05) is 16.6 Å². The van der Waals surface area contributed by atoms with Gasteiger partial charge in [-0.1, -0.05) is 6.07 Å². The molecule has 3 aromatic rings. The monoisotopic (exact) mass is 268 g/mol. The summed E-state index contributed by atoms with van der Waals surface area (Å²) in [5.74, 6) is 0.421. The molecule has 1 N–H and O–H groups in total. The first kappa shape index (κ1) is 12.3. The molecule has 0 amide bonds. The number of aryl methyl sites for hydroxylation is 1. The predicted octanol–water partition coefficient (Wildman–Crippen LogP) is 1.70. The summed E-state index contributed by atoms with van der Waals surface area (Å²) in [5, 5.41) is 0.978. The number of nitrogens with zero attached hydrogens (tertiary/aromatic N) is 3. The van der Waals surface area contributed by atoms with Gasteiger partial charge in [-0.3, -0.25) is 9.97 Å². The second-order valence-electron chi connectivity index (χ2n) is 4.35. The van der Waals surface area contributed by atoms with Gasteiger partial charge in [0.05, 0.1) is 12.6 Å². The number of ether oxygens (including phenoxy) is 1. The number of aromatic amines is 1. The van der Waals surface area contributed by atoms with Crippen LogP contribution in [0.15, 0.2) is 35.1 Å². The minimum atomic E-state index is -0.492. The largest absolute Gasteiger partial charge is 0.467 e. The molecule has 0 saturated carbocycles. The summed E-state index contributed by atoms with van der Waals surface area (Å²) >= 11 is 0. The Labute approximate surface area is 114 Å². The van der Waals surface area contributed by atoms with Crippen LogP contribution in [0.2, 0.25) is 0 Å². The molecule has 6 nitrogen and oxygen atoms in total. The zero-order chi connectivity index (χ0) is 14.1. The number of hydrogen-bond acceptors (Lipinski definition) is 5. The maximum atomic E-state index is 11.5. The number of aromatic nitrogens is 4. The van der Waals surface area contributed by atoms with E-state index >= 15 is 0 Å². The number of benzene rings is 1. The molecule has 0 aliphatic heterocycles. The minimum Gasteiger partial charge on any atom is -0.467 e. The number of nitrogens with one attached hydrogen (secondary N) is 1. The first-order valence-electron chi connectivity index (χ1n) is 6.06. The zero-order valence-corrected chi connectivity index (χ0v) is 11.0. The maximum Gasteiger partial charge on any atom is 0.351 e. The van der Waals surface area contributed by atoms with Gasteiger partial charge in [-0.15, -0.1) is 4.98 Å². The summed E-state index contributed by atoms with van der Waals surface area (Å²) in [6, 6.07) is 9.63. The Morgan fingerprint density at radius 2 is 1.95 bits per heavy atom. The van der Waals surface area contributed by atoms with Crippen molar-refractivity contribution < 1.29 is 4.74 Å². The number of rotatable bonds is 2. The summed E-state index contributed by atoms with van der Waals surface area (Å²) in [5.41, 5.74) is 2.15. The Bertz CT molecular complexity index is 842. The third kappa shape index (κ3) is 2.23. The summed E-state index contributed by atoms with van der Waals surface area (Å²) in [4.78, 5) is 26.2. The lowest BCUT2D eigenvalue weighted by Gasteiger charge is -2.04. The van der Waals surface area contributed by atoms with Gasteiger partial charge in [0.2, 0.25) is 0 Å². The average Bonchev–Trinajstić information content (AvgIpc) is 2.46. The van der Waals surface area contributed by atoms with Crippen molar-refractivity contribution in [2.75, 3.05) is 7.11 Å². The number of hydrogen-bond donors (Lipinski definition) is 1. The Hall–Kier alpha value is -2.76. The van der Waals surface area contributed by atoms with Crippen molar-refractivity contribution in [3.05, 3.63) is 46.5 Å². The third-order valence-corrected chi connectivity index (χ3v) is 2.91. The molecular weight excluding hydrogens is 256 g/mol. The summed E-state index contributed by atoms with van der Waals surface area (Å²) in [7, 11) is 1.42. The molecule has 0 spiro atoms. The van der Waals surface area contributed by atoms with Crippen LogP contribution in [0.1, 0.15) is 5.69 Å². The van der Waals surface area contributed by atoms with E-state index in [4.69, 9.17) is 4.74 Å². The zero-order valence-electron chi connectivity index (χ0n) is 11.0. The average molecular weight is 268 g/mol. The first-order chi connectivity index (χ1) is 9.65. The Morgan fingerprint density at radius 1 is 1.10 bits per heavy atom. The van der Waals surface area contributed by atoms with Gasteiger partial charge < -0.3 is 4.74 Å². The van der Waals surface area contributed by atoms with Crippen LogP contribution in [0.4, 0.5) is 0 Å². The topological polar surface area (TPSA) is 80.8 Å². The van der Waals surface area contributed by atoms with Crippen LogP contribution in [0.3, 0.4) is 0 Å². The lowest BCUT2D eigenvalue weighted by Crippen LogP contribution is -2.14. The quantitative estimate of drug-likeness (QED) is 0.765. The highest BCUT2D eigenvalue weighted by atomic mass is 16.5. The highest BCUT2D eigenvalue weighted by Gasteiger charge is 2.06. The van der Waals surface area contributed by atoms with Gasteiger partial charge in [-0.05, 0) is 31.2 Å². The van der Waals surface area contributed by atoms with Crippen LogP contribution in [0.25, 0.3) is 22.3 Å². The van der Waals surface area contributed by atoms with Crippen molar-refractivity contribution in [1.82, 2.24) is 19.9 Å². The number of H-pyrrole nitrogens is 1. The van der Waals surface area contributed by atoms with Crippen molar-refractivity contribution in [1.29, 1.82) is 0 Å². The normalized spacial score (nSPS) is 10.7. The molecule has 0 unspecified atom stereocenters. The van der Waals surface area contributed by atoms with Gasteiger partial charge in [-0.2, -0.15) is 4.98 Å². The lowest BCUT2D eigenvalue weighted by molar-refractivity contribution is 0.377. The van der Waals surface area contributed by atoms with Gasteiger partial charge in [0.1, 0.15) is 5.82 Å².